The maximum Gasteiger partial charge on any atom is 0.258 e. The molecule has 0 aliphatic heterocycles. The first kappa shape index (κ1) is 16.7. The standard InChI is InChI=1S/C21H20N2O2/c1-16-5-9-19(10-6-16)23(15-17-4-3-13-22-14-17)21(24)18-7-11-20(25-2)12-8-18/h3-14H,15H2,1-2H3. The maximum atomic E-state index is 13.1. The Morgan fingerprint density at radius 1 is 1.04 bits per heavy atom. The number of aryl methyl sites for hydroxylation is 1. The van der Waals surface area contributed by atoms with Crippen molar-refractivity contribution in [2.45, 2.75) is 13.5 Å². The minimum absolute atomic E-state index is 0.0599. The van der Waals surface area contributed by atoms with Crippen molar-refractivity contribution in [1.29, 1.82) is 0 Å². The number of hydrogen-bond acceptors (Lipinski definition) is 3. The highest BCUT2D eigenvalue weighted by molar-refractivity contribution is 6.06. The lowest BCUT2D eigenvalue weighted by molar-refractivity contribution is 0.0985. The largest absolute Gasteiger partial charge is 0.497 e. The Hall–Kier alpha value is -3.14. The predicted octanol–water partition coefficient (Wildman–Crippen LogP) is 4.25. The summed E-state index contributed by atoms with van der Waals surface area (Å²) < 4.78 is 5.17. The third-order valence-corrected chi connectivity index (χ3v) is 3.99. The van der Waals surface area contributed by atoms with Crippen LogP contribution in [0.15, 0.2) is 73.1 Å². The van der Waals surface area contributed by atoms with E-state index in [1.54, 1.807) is 48.7 Å². The molecule has 1 aromatic heterocycles. The minimum atomic E-state index is -0.0599. The van der Waals surface area contributed by atoms with Gasteiger partial charge in [-0.15, -0.1) is 0 Å². The van der Waals surface area contributed by atoms with E-state index in [1.165, 1.54) is 0 Å². The van der Waals surface area contributed by atoms with Gasteiger partial charge >= 0.3 is 0 Å². The number of carbonyl (C=O) groups is 1. The molecule has 1 amide bonds. The summed E-state index contributed by atoms with van der Waals surface area (Å²) in [7, 11) is 1.61. The van der Waals surface area contributed by atoms with Crippen molar-refractivity contribution in [3.63, 3.8) is 0 Å². The number of aromatic nitrogens is 1. The molecule has 0 N–H and O–H groups in total. The topological polar surface area (TPSA) is 42.4 Å². The fraction of sp³-hybridized carbons (Fsp3) is 0.143. The summed E-state index contributed by atoms with van der Waals surface area (Å²) in [5.41, 5.74) is 3.60. The van der Waals surface area contributed by atoms with Gasteiger partial charge in [0, 0.05) is 23.6 Å². The number of amides is 1. The van der Waals surface area contributed by atoms with Crippen molar-refractivity contribution in [3.05, 3.63) is 89.7 Å². The fourth-order valence-corrected chi connectivity index (χ4v) is 2.57. The second kappa shape index (κ2) is 7.62. The lowest BCUT2D eigenvalue weighted by atomic mass is 10.1. The number of nitrogens with zero attached hydrogens (tertiary/aromatic N) is 2. The molecular weight excluding hydrogens is 312 g/mol. The summed E-state index contributed by atoms with van der Waals surface area (Å²) in [6.07, 6.45) is 3.51. The molecule has 1 heterocycles. The van der Waals surface area contributed by atoms with Crippen molar-refractivity contribution in [1.82, 2.24) is 4.98 Å². The predicted molar refractivity (Wildman–Crippen MR) is 98.9 cm³/mol. The number of hydrogen-bond donors (Lipinski definition) is 0. The Bertz CT molecular complexity index is 828. The van der Waals surface area contributed by atoms with E-state index in [2.05, 4.69) is 4.98 Å². The summed E-state index contributed by atoms with van der Waals surface area (Å²) in [5, 5.41) is 0. The average Bonchev–Trinajstić information content (AvgIpc) is 2.67. The molecule has 0 spiro atoms. The van der Waals surface area contributed by atoms with Crippen LogP contribution in [-0.2, 0) is 6.54 Å². The van der Waals surface area contributed by atoms with Crippen LogP contribution < -0.4 is 9.64 Å². The van der Waals surface area contributed by atoms with Crippen LogP contribution in [0, 0.1) is 6.92 Å². The van der Waals surface area contributed by atoms with Crippen LogP contribution in [0.25, 0.3) is 0 Å². The molecule has 3 rings (SSSR count). The third kappa shape index (κ3) is 4.04. The quantitative estimate of drug-likeness (QED) is 0.701. The number of rotatable bonds is 5. The molecule has 0 fully saturated rings. The number of anilines is 1. The first-order valence-electron chi connectivity index (χ1n) is 8.09. The van der Waals surface area contributed by atoms with Gasteiger partial charge in [0.15, 0.2) is 0 Å². The van der Waals surface area contributed by atoms with Crippen LogP contribution in [-0.4, -0.2) is 18.0 Å². The molecule has 0 saturated carbocycles. The molecule has 126 valence electrons. The molecule has 0 bridgehead atoms. The average molecular weight is 332 g/mol. The van der Waals surface area contributed by atoms with Crippen molar-refractivity contribution in [2.24, 2.45) is 0 Å². The molecule has 0 unspecified atom stereocenters. The highest BCUT2D eigenvalue weighted by atomic mass is 16.5. The molecule has 3 aromatic rings. The van der Waals surface area contributed by atoms with Crippen molar-refractivity contribution in [2.75, 3.05) is 12.0 Å². The highest BCUT2D eigenvalue weighted by Gasteiger charge is 2.18. The highest BCUT2D eigenvalue weighted by Crippen LogP contribution is 2.22. The third-order valence-electron chi connectivity index (χ3n) is 3.99. The second-order valence-electron chi connectivity index (χ2n) is 5.82. The van der Waals surface area contributed by atoms with E-state index in [9.17, 15) is 4.79 Å². The molecule has 4 nitrogen and oxygen atoms in total. The number of pyridine rings is 1. The number of ether oxygens (including phenoxy) is 1. The summed E-state index contributed by atoms with van der Waals surface area (Å²) in [5.74, 6) is 0.668. The first-order valence-corrected chi connectivity index (χ1v) is 8.09. The van der Waals surface area contributed by atoms with Gasteiger partial charge in [-0.25, -0.2) is 0 Å². The number of methoxy groups -OCH3 is 1. The number of benzene rings is 2. The van der Waals surface area contributed by atoms with Crippen molar-refractivity contribution in [3.8, 4) is 5.75 Å². The van der Waals surface area contributed by atoms with Gasteiger partial charge in [0.1, 0.15) is 5.75 Å². The maximum absolute atomic E-state index is 13.1. The molecular formula is C21H20N2O2. The van der Waals surface area contributed by atoms with Crippen molar-refractivity contribution >= 4 is 11.6 Å². The van der Waals surface area contributed by atoms with Crippen LogP contribution in [0.3, 0.4) is 0 Å². The minimum Gasteiger partial charge on any atom is -0.497 e. The molecule has 2 aromatic carbocycles. The van der Waals surface area contributed by atoms with Gasteiger partial charge in [-0.3, -0.25) is 9.78 Å². The van der Waals surface area contributed by atoms with E-state index < -0.39 is 0 Å². The molecule has 0 atom stereocenters. The summed E-state index contributed by atoms with van der Waals surface area (Å²) >= 11 is 0. The van der Waals surface area contributed by atoms with E-state index in [4.69, 9.17) is 4.74 Å². The molecule has 4 heteroatoms. The van der Waals surface area contributed by atoms with Crippen LogP contribution in [0.1, 0.15) is 21.5 Å². The van der Waals surface area contributed by atoms with Crippen LogP contribution in [0.5, 0.6) is 5.75 Å². The SMILES string of the molecule is COc1ccc(C(=O)N(Cc2cccnc2)c2ccc(C)cc2)cc1. The van der Waals surface area contributed by atoms with Crippen LogP contribution in [0.4, 0.5) is 5.69 Å². The zero-order chi connectivity index (χ0) is 17.6. The lowest BCUT2D eigenvalue weighted by Gasteiger charge is -2.23. The van der Waals surface area contributed by atoms with Crippen LogP contribution in [0.2, 0.25) is 0 Å². The lowest BCUT2D eigenvalue weighted by Crippen LogP contribution is -2.30. The Labute approximate surface area is 147 Å². The van der Waals surface area contributed by atoms with Gasteiger partial charge in [-0.2, -0.15) is 0 Å². The van der Waals surface area contributed by atoms with Gasteiger partial charge < -0.3 is 9.64 Å². The fourth-order valence-electron chi connectivity index (χ4n) is 2.57. The second-order valence-corrected chi connectivity index (χ2v) is 5.82. The molecule has 0 saturated heterocycles. The molecule has 0 radical (unpaired) electrons. The van der Waals surface area contributed by atoms with E-state index in [1.807, 2.05) is 43.3 Å². The van der Waals surface area contributed by atoms with Gasteiger partial charge in [0.05, 0.1) is 13.7 Å². The Balaban J connectivity index is 1.94. The Kier molecular flexibility index (Phi) is 5.09. The summed E-state index contributed by atoms with van der Waals surface area (Å²) in [4.78, 5) is 19.0. The Morgan fingerprint density at radius 3 is 2.36 bits per heavy atom. The molecule has 25 heavy (non-hydrogen) atoms. The zero-order valence-electron chi connectivity index (χ0n) is 14.3. The van der Waals surface area contributed by atoms with Gasteiger partial charge in [-0.1, -0.05) is 23.8 Å². The van der Waals surface area contributed by atoms with E-state index >= 15 is 0 Å². The van der Waals surface area contributed by atoms with Gasteiger partial charge in [-0.05, 0) is 55.0 Å². The zero-order valence-corrected chi connectivity index (χ0v) is 14.3. The smallest absolute Gasteiger partial charge is 0.258 e. The van der Waals surface area contributed by atoms with Gasteiger partial charge in [0.25, 0.3) is 5.91 Å². The Morgan fingerprint density at radius 2 is 1.76 bits per heavy atom. The van der Waals surface area contributed by atoms with Crippen LogP contribution >= 0.6 is 0 Å². The number of carbonyl (C=O) groups excluding carboxylic acids is 1. The van der Waals surface area contributed by atoms with Crippen molar-refractivity contribution < 1.29 is 9.53 Å². The first-order chi connectivity index (χ1) is 12.2. The monoisotopic (exact) mass is 332 g/mol. The molecule has 0 aliphatic carbocycles. The van der Waals surface area contributed by atoms with E-state index in [0.717, 1.165) is 22.6 Å². The summed E-state index contributed by atoms with van der Waals surface area (Å²) in [6, 6.07) is 18.9. The normalized spacial score (nSPS) is 10.3. The van der Waals surface area contributed by atoms with E-state index in [-0.39, 0.29) is 5.91 Å². The van der Waals surface area contributed by atoms with E-state index in [0.29, 0.717) is 12.1 Å². The molecule has 0 aliphatic rings. The summed E-state index contributed by atoms with van der Waals surface area (Å²) in [6.45, 7) is 2.49. The van der Waals surface area contributed by atoms with Gasteiger partial charge in [0.2, 0.25) is 0 Å².